The number of hydrogen-bond donors (Lipinski definition) is 2. The molecule has 1 saturated heterocycles. The second kappa shape index (κ2) is 9.21. The molecule has 0 saturated carbocycles. The Morgan fingerprint density at radius 2 is 2.00 bits per heavy atom. The van der Waals surface area contributed by atoms with Crippen molar-refractivity contribution >= 4 is 27.8 Å². The normalized spacial score (nSPS) is 15.1. The number of likely N-dealkylation sites (N-methyl/N-ethyl adjacent to an activating group) is 1. The van der Waals surface area contributed by atoms with Crippen LogP contribution in [0.25, 0.3) is 33.2 Å². The maximum atomic E-state index is 12.7. The van der Waals surface area contributed by atoms with E-state index in [1.165, 1.54) is 0 Å². The van der Waals surface area contributed by atoms with Crippen LogP contribution in [0.4, 0.5) is 0 Å². The lowest BCUT2D eigenvalue weighted by atomic mass is 9.99. The van der Waals surface area contributed by atoms with E-state index < -0.39 is 5.54 Å². The Hall–Kier alpha value is -4.31. The molecule has 1 fully saturated rings. The second-order valence-electron chi connectivity index (χ2n) is 10.3. The van der Waals surface area contributed by atoms with Crippen LogP contribution in [0.1, 0.15) is 38.5 Å². The summed E-state index contributed by atoms with van der Waals surface area (Å²) in [6.07, 6.45) is 6.99. The molecular formula is C28H30N8O2. The van der Waals surface area contributed by atoms with E-state index in [4.69, 9.17) is 4.74 Å². The molecule has 10 nitrogen and oxygen atoms in total. The van der Waals surface area contributed by atoms with Crippen LogP contribution in [0.3, 0.4) is 0 Å². The molecule has 5 aromatic rings. The van der Waals surface area contributed by atoms with Crippen LogP contribution in [-0.4, -0.2) is 66.4 Å². The third-order valence-electron chi connectivity index (χ3n) is 7.37. The molecule has 0 radical (unpaired) electrons. The van der Waals surface area contributed by atoms with Crippen LogP contribution in [-0.2, 0) is 4.79 Å². The number of rotatable bonds is 7. The molecule has 38 heavy (non-hydrogen) atoms. The summed E-state index contributed by atoms with van der Waals surface area (Å²) in [6, 6.07) is 12.0. The molecule has 10 heteroatoms. The zero-order valence-electron chi connectivity index (χ0n) is 21.8. The van der Waals surface area contributed by atoms with Crippen molar-refractivity contribution in [3.05, 3.63) is 66.7 Å². The Bertz CT molecular complexity index is 1630. The molecule has 0 spiro atoms. The van der Waals surface area contributed by atoms with Crippen molar-refractivity contribution in [2.75, 3.05) is 20.1 Å². The van der Waals surface area contributed by atoms with Crippen LogP contribution in [0.2, 0.25) is 0 Å². The predicted molar refractivity (Wildman–Crippen MR) is 145 cm³/mol. The first-order chi connectivity index (χ1) is 18.3. The van der Waals surface area contributed by atoms with Crippen LogP contribution >= 0.6 is 0 Å². The lowest BCUT2D eigenvalue weighted by Crippen LogP contribution is -2.60. The van der Waals surface area contributed by atoms with Gasteiger partial charge in [-0.15, -0.1) is 0 Å². The van der Waals surface area contributed by atoms with E-state index in [0.29, 0.717) is 13.1 Å². The van der Waals surface area contributed by atoms with Crippen molar-refractivity contribution < 1.29 is 9.53 Å². The molecule has 1 unspecified atom stereocenters. The van der Waals surface area contributed by atoms with Crippen molar-refractivity contribution in [2.24, 2.45) is 0 Å². The summed E-state index contributed by atoms with van der Waals surface area (Å²) in [4.78, 5) is 23.4. The highest BCUT2D eigenvalue weighted by molar-refractivity contribution is 5.93. The minimum atomic E-state index is -0.577. The molecule has 194 valence electrons. The highest BCUT2D eigenvalue weighted by Gasteiger charge is 2.39. The molecule has 1 aliphatic rings. The van der Waals surface area contributed by atoms with Gasteiger partial charge >= 0.3 is 0 Å². The number of benzene rings is 2. The van der Waals surface area contributed by atoms with Gasteiger partial charge in [0.2, 0.25) is 5.91 Å². The number of carbonyl (C=O) groups is 1. The average molecular weight is 511 g/mol. The number of ether oxygens (including phenoxy) is 1. The number of likely N-dealkylation sites (tertiary alicyclic amines) is 1. The first-order valence-electron chi connectivity index (χ1n) is 12.7. The number of nitrogens with one attached hydrogen (secondary N) is 2. The lowest BCUT2D eigenvalue weighted by Gasteiger charge is -2.42. The van der Waals surface area contributed by atoms with E-state index in [-0.39, 0.29) is 18.1 Å². The van der Waals surface area contributed by atoms with Crippen LogP contribution in [0.15, 0.2) is 61.2 Å². The summed E-state index contributed by atoms with van der Waals surface area (Å²) in [6.45, 7) is 7.08. The van der Waals surface area contributed by atoms with Crippen molar-refractivity contribution in [3.8, 4) is 17.0 Å². The Morgan fingerprint density at radius 1 is 1.18 bits per heavy atom. The van der Waals surface area contributed by atoms with Crippen molar-refractivity contribution in [1.29, 1.82) is 0 Å². The number of nitrogens with zero attached hydrogens (tertiary/aromatic N) is 6. The molecule has 4 heterocycles. The van der Waals surface area contributed by atoms with Gasteiger partial charge in [0.25, 0.3) is 0 Å². The van der Waals surface area contributed by atoms with Gasteiger partial charge in [-0.25, -0.2) is 0 Å². The summed E-state index contributed by atoms with van der Waals surface area (Å²) in [5.74, 6) is 0.834. The van der Waals surface area contributed by atoms with E-state index in [2.05, 4.69) is 30.6 Å². The van der Waals surface area contributed by atoms with Gasteiger partial charge in [-0.1, -0.05) is 12.1 Å². The number of amides is 1. The minimum Gasteiger partial charge on any atom is -0.486 e. The third kappa shape index (κ3) is 4.16. The summed E-state index contributed by atoms with van der Waals surface area (Å²) < 4.78 is 8.27. The number of carbonyl (C=O) groups excluding carboxylic acids is 1. The zero-order valence-corrected chi connectivity index (χ0v) is 21.8. The number of fused-ring (bicyclic) bond motifs is 2. The van der Waals surface area contributed by atoms with Gasteiger partial charge in [0, 0.05) is 48.2 Å². The van der Waals surface area contributed by atoms with Gasteiger partial charge in [0.15, 0.2) is 0 Å². The van der Waals surface area contributed by atoms with Crippen LogP contribution in [0, 0.1) is 0 Å². The standard InChI is InChI=1S/C28H30N8O2/c1-17(21-6-5-7-24-26(21)31-11-10-30-24)38-20-8-9-23-22(12-20)25(34-33-23)18-13-32-36(14-18)19-15-35(16-19)27(37)28(2,3)29-4/h5-14,17,19,29H,15-16H2,1-4H3,(H,33,34). The van der Waals surface area contributed by atoms with Gasteiger partial charge in [-0.2, -0.15) is 10.2 Å². The quantitative estimate of drug-likeness (QED) is 0.341. The highest BCUT2D eigenvalue weighted by atomic mass is 16.5. The molecule has 1 atom stereocenters. The maximum absolute atomic E-state index is 12.7. The predicted octanol–water partition coefficient (Wildman–Crippen LogP) is 3.89. The number of para-hydroxylation sites is 1. The molecule has 2 N–H and O–H groups in total. The molecule has 3 aromatic heterocycles. The van der Waals surface area contributed by atoms with E-state index in [1.54, 1.807) is 19.4 Å². The smallest absolute Gasteiger partial charge is 0.242 e. The van der Waals surface area contributed by atoms with Gasteiger partial charge in [-0.05, 0) is 52.1 Å². The van der Waals surface area contributed by atoms with Crippen molar-refractivity contribution in [3.63, 3.8) is 0 Å². The maximum Gasteiger partial charge on any atom is 0.242 e. The Balaban J connectivity index is 1.21. The van der Waals surface area contributed by atoms with E-state index >= 15 is 0 Å². The van der Waals surface area contributed by atoms with Gasteiger partial charge in [0.05, 0.1) is 34.3 Å². The van der Waals surface area contributed by atoms with Crippen molar-refractivity contribution in [2.45, 2.75) is 38.5 Å². The molecule has 2 aromatic carbocycles. The Kier molecular flexibility index (Phi) is 5.83. The largest absolute Gasteiger partial charge is 0.486 e. The zero-order chi connectivity index (χ0) is 26.4. The monoisotopic (exact) mass is 510 g/mol. The number of aromatic amines is 1. The van der Waals surface area contributed by atoms with Gasteiger partial charge in [0.1, 0.15) is 17.5 Å². The summed E-state index contributed by atoms with van der Waals surface area (Å²) in [5.41, 5.74) is 4.72. The first kappa shape index (κ1) is 24.1. The SMILES string of the molecule is CNC(C)(C)C(=O)N1CC(n2cc(-c3n[nH]c4ccc(OC(C)c5cccc6nccnc56)cc34)cn2)C1. The fourth-order valence-corrected chi connectivity index (χ4v) is 4.85. The number of H-pyrrole nitrogens is 1. The first-order valence-corrected chi connectivity index (χ1v) is 12.7. The number of aromatic nitrogens is 6. The topological polar surface area (TPSA) is 114 Å². The minimum absolute atomic E-state index is 0.0965. The highest BCUT2D eigenvalue weighted by Crippen LogP contribution is 2.33. The third-order valence-corrected chi connectivity index (χ3v) is 7.37. The summed E-state index contributed by atoms with van der Waals surface area (Å²) in [5, 5.41) is 16.3. The molecule has 1 amide bonds. The molecule has 0 aliphatic carbocycles. The Labute approximate surface area is 220 Å². The molecule has 1 aliphatic heterocycles. The van der Waals surface area contributed by atoms with E-state index in [1.807, 2.05) is 79.1 Å². The molecule has 6 rings (SSSR count). The Morgan fingerprint density at radius 3 is 2.82 bits per heavy atom. The van der Waals surface area contributed by atoms with Gasteiger partial charge < -0.3 is 15.0 Å². The van der Waals surface area contributed by atoms with E-state index in [0.717, 1.165) is 44.5 Å². The van der Waals surface area contributed by atoms with Crippen molar-refractivity contribution in [1.82, 2.24) is 40.2 Å². The lowest BCUT2D eigenvalue weighted by molar-refractivity contribution is -0.143. The second-order valence-corrected chi connectivity index (χ2v) is 10.3. The van der Waals surface area contributed by atoms with E-state index in [9.17, 15) is 4.79 Å². The molecule has 0 bridgehead atoms. The fraction of sp³-hybridized carbons (Fsp3) is 0.321. The average Bonchev–Trinajstić information content (AvgIpc) is 3.54. The van der Waals surface area contributed by atoms with Crippen LogP contribution in [0.5, 0.6) is 5.75 Å². The summed E-state index contributed by atoms with van der Waals surface area (Å²) in [7, 11) is 1.80. The molecular weight excluding hydrogens is 480 g/mol. The fourth-order valence-electron chi connectivity index (χ4n) is 4.85. The van der Waals surface area contributed by atoms with Gasteiger partial charge in [-0.3, -0.25) is 24.5 Å². The van der Waals surface area contributed by atoms with Crippen LogP contribution < -0.4 is 10.1 Å². The number of hydrogen-bond acceptors (Lipinski definition) is 7. The summed E-state index contributed by atoms with van der Waals surface area (Å²) >= 11 is 0.